The zero-order valence-electron chi connectivity index (χ0n) is 20.7. The zero-order valence-corrected chi connectivity index (χ0v) is 20.7. The molecule has 2 unspecified atom stereocenters. The standard InChI is InChI=1S/C31H29N5O/c37-26-16-25(15-24-13-7-8-14-27(24)23-11-5-2-6-12-23)31(17-26)20-36-29-28(18-32-30(36)34-31)35(21-33-29)19-22-9-3-1-4-10-22/h1-14,18,25H,15-17,19-21H2,(H,32,34). The molecule has 1 aliphatic carbocycles. The van der Waals surface area contributed by atoms with E-state index in [1.807, 2.05) is 18.3 Å². The van der Waals surface area contributed by atoms with E-state index in [1.165, 1.54) is 22.3 Å². The summed E-state index contributed by atoms with van der Waals surface area (Å²) in [5.41, 5.74) is 5.64. The van der Waals surface area contributed by atoms with Gasteiger partial charge in [-0.15, -0.1) is 0 Å². The highest BCUT2D eigenvalue weighted by Gasteiger charge is 2.54. The average Bonchev–Trinajstić information content (AvgIpc) is 3.60. The molecule has 1 fully saturated rings. The van der Waals surface area contributed by atoms with Crippen LogP contribution in [0.4, 0.5) is 0 Å². The predicted molar refractivity (Wildman–Crippen MR) is 146 cm³/mol. The summed E-state index contributed by atoms with van der Waals surface area (Å²) >= 11 is 0. The van der Waals surface area contributed by atoms with Crippen molar-refractivity contribution in [2.45, 2.75) is 31.3 Å². The van der Waals surface area contributed by atoms with Gasteiger partial charge in [-0.3, -0.25) is 9.69 Å². The molecule has 3 aromatic carbocycles. The molecule has 3 aliphatic heterocycles. The van der Waals surface area contributed by atoms with Crippen molar-refractivity contribution >= 4 is 17.6 Å². The highest BCUT2D eigenvalue weighted by Crippen LogP contribution is 2.44. The van der Waals surface area contributed by atoms with Crippen LogP contribution in [0.15, 0.2) is 107 Å². The Labute approximate surface area is 217 Å². The fourth-order valence-corrected chi connectivity index (χ4v) is 6.31. The molecule has 37 heavy (non-hydrogen) atoms. The number of amidine groups is 1. The van der Waals surface area contributed by atoms with Gasteiger partial charge < -0.3 is 10.2 Å². The Hall–Kier alpha value is -4.19. The van der Waals surface area contributed by atoms with Crippen LogP contribution in [0.25, 0.3) is 11.1 Å². The number of fused-ring (bicyclic) bond motifs is 3. The molecule has 184 valence electrons. The topological polar surface area (TPSA) is 60.3 Å². The summed E-state index contributed by atoms with van der Waals surface area (Å²) in [5.74, 6) is 2.24. The molecule has 3 heterocycles. The molecular formula is C31H29N5O. The number of carbonyl (C=O) groups is 1. The van der Waals surface area contributed by atoms with Gasteiger partial charge in [-0.05, 0) is 34.6 Å². The Bertz CT molecular complexity index is 1440. The summed E-state index contributed by atoms with van der Waals surface area (Å²) < 4.78 is 0. The Morgan fingerprint density at radius 3 is 2.54 bits per heavy atom. The third-order valence-electron chi connectivity index (χ3n) is 8.09. The van der Waals surface area contributed by atoms with Gasteiger partial charge in [-0.25, -0.2) is 9.98 Å². The van der Waals surface area contributed by atoms with Crippen LogP contribution in [-0.2, 0) is 17.8 Å². The minimum absolute atomic E-state index is 0.149. The first kappa shape index (κ1) is 22.0. The van der Waals surface area contributed by atoms with Crippen molar-refractivity contribution in [3.8, 4) is 11.1 Å². The lowest BCUT2D eigenvalue weighted by atomic mass is 9.81. The zero-order chi connectivity index (χ0) is 24.8. The number of rotatable bonds is 5. The van der Waals surface area contributed by atoms with E-state index in [0.717, 1.165) is 30.5 Å². The Morgan fingerprint density at radius 2 is 1.70 bits per heavy atom. The van der Waals surface area contributed by atoms with Gasteiger partial charge in [0.25, 0.3) is 0 Å². The van der Waals surface area contributed by atoms with Crippen LogP contribution >= 0.6 is 0 Å². The largest absolute Gasteiger partial charge is 0.344 e. The van der Waals surface area contributed by atoms with Crippen molar-refractivity contribution in [1.29, 1.82) is 0 Å². The number of hydrogen-bond donors (Lipinski definition) is 1. The van der Waals surface area contributed by atoms with E-state index in [0.29, 0.717) is 31.8 Å². The van der Waals surface area contributed by atoms with Gasteiger partial charge in [0.2, 0.25) is 5.96 Å². The molecular weight excluding hydrogens is 458 g/mol. The maximum absolute atomic E-state index is 12.9. The van der Waals surface area contributed by atoms with E-state index in [1.54, 1.807) is 0 Å². The van der Waals surface area contributed by atoms with Crippen LogP contribution < -0.4 is 5.32 Å². The molecule has 0 amide bonds. The van der Waals surface area contributed by atoms with E-state index in [9.17, 15) is 4.79 Å². The molecule has 2 atom stereocenters. The van der Waals surface area contributed by atoms with Crippen LogP contribution in [-0.4, -0.2) is 46.1 Å². The normalized spacial score (nSPS) is 23.9. The van der Waals surface area contributed by atoms with Crippen LogP contribution in [0.3, 0.4) is 0 Å². The first-order valence-electron chi connectivity index (χ1n) is 13.0. The average molecular weight is 488 g/mol. The number of nitrogens with zero attached hydrogens (tertiary/aromatic N) is 4. The maximum atomic E-state index is 12.9. The summed E-state index contributed by atoms with van der Waals surface area (Å²) in [4.78, 5) is 27.5. The lowest BCUT2D eigenvalue weighted by molar-refractivity contribution is -0.117. The minimum atomic E-state index is -0.429. The lowest BCUT2D eigenvalue weighted by Crippen LogP contribution is -2.48. The number of Topliss-reactive ketones (excluding diaryl/α,β-unsaturated/α-hetero) is 1. The molecule has 0 saturated heterocycles. The van der Waals surface area contributed by atoms with Gasteiger partial charge in [-0.2, -0.15) is 0 Å². The Morgan fingerprint density at radius 1 is 0.946 bits per heavy atom. The van der Waals surface area contributed by atoms with E-state index in [-0.39, 0.29) is 5.92 Å². The number of nitrogens with one attached hydrogen (secondary N) is 1. The predicted octanol–water partition coefficient (Wildman–Crippen LogP) is 4.60. The smallest absolute Gasteiger partial charge is 0.204 e. The van der Waals surface area contributed by atoms with E-state index in [2.05, 4.69) is 87.9 Å². The molecule has 6 nitrogen and oxygen atoms in total. The fraction of sp³-hybridized carbons (Fsp3) is 0.258. The van der Waals surface area contributed by atoms with E-state index < -0.39 is 5.54 Å². The molecule has 7 rings (SSSR count). The molecule has 6 heteroatoms. The second kappa shape index (κ2) is 8.73. The molecule has 3 aromatic rings. The van der Waals surface area contributed by atoms with E-state index in [4.69, 9.17) is 9.98 Å². The molecule has 0 aromatic heterocycles. The van der Waals surface area contributed by atoms with E-state index >= 15 is 0 Å². The molecule has 0 bridgehead atoms. The van der Waals surface area contributed by atoms with Crippen LogP contribution in [0.1, 0.15) is 24.0 Å². The Balaban J connectivity index is 1.14. The van der Waals surface area contributed by atoms with Crippen molar-refractivity contribution in [3.05, 3.63) is 108 Å². The number of benzene rings is 3. The highest BCUT2D eigenvalue weighted by molar-refractivity contribution is 6.12. The van der Waals surface area contributed by atoms with Gasteiger partial charge in [0.1, 0.15) is 12.5 Å². The third kappa shape index (κ3) is 3.84. The van der Waals surface area contributed by atoms with Gasteiger partial charge in [0, 0.05) is 25.6 Å². The first-order chi connectivity index (χ1) is 18.2. The van der Waals surface area contributed by atoms with Gasteiger partial charge in [0.15, 0.2) is 5.84 Å². The van der Waals surface area contributed by atoms with Crippen LogP contribution in [0.2, 0.25) is 0 Å². The molecule has 1 N–H and O–H groups in total. The molecule has 4 aliphatic rings. The number of ketones is 1. The minimum Gasteiger partial charge on any atom is -0.344 e. The SMILES string of the molecule is O=C1CC(Cc2ccccc2-c2ccccc2)C2(C1)CN1C(=N2)NC=C2C1=NCN2Cc1ccccc1. The molecule has 1 saturated carbocycles. The summed E-state index contributed by atoms with van der Waals surface area (Å²) in [6, 6.07) is 29.6. The number of hydrogen-bond acceptors (Lipinski definition) is 6. The summed E-state index contributed by atoms with van der Waals surface area (Å²) in [5, 5.41) is 3.44. The summed E-state index contributed by atoms with van der Waals surface area (Å²) in [7, 11) is 0. The van der Waals surface area contributed by atoms with Crippen molar-refractivity contribution in [3.63, 3.8) is 0 Å². The van der Waals surface area contributed by atoms with Crippen LogP contribution in [0.5, 0.6) is 0 Å². The monoisotopic (exact) mass is 487 g/mol. The second-order valence-electron chi connectivity index (χ2n) is 10.4. The van der Waals surface area contributed by atoms with Crippen molar-refractivity contribution in [1.82, 2.24) is 15.1 Å². The third-order valence-corrected chi connectivity index (χ3v) is 8.09. The van der Waals surface area contributed by atoms with Crippen molar-refractivity contribution in [2.75, 3.05) is 13.2 Å². The summed E-state index contributed by atoms with van der Waals surface area (Å²) in [6.45, 7) is 2.13. The quantitative estimate of drug-likeness (QED) is 0.571. The molecule has 0 radical (unpaired) electrons. The van der Waals surface area contributed by atoms with Gasteiger partial charge >= 0.3 is 0 Å². The maximum Gasteiger partial charge on any atom is 0.204 e. The number of aliphatic imine (C=N–C) groups is 2. The first-order valence-corrected chi connectivity index (χ1v) is 13.0. The lowest BCUT2D eigenvalue weighted by Gasteiger charge is -2.32. The summed E-state index contributed by atoms with van der Waals surface area (Å²) in [6.07, 6.45) is 3.91. The van der Waals surface area contributed by atoms with Gasteiger partial charge in [0.05, 0.1) is 17.8 Å². The van der Waals surface area contributed by atoms with Gasteiger partial charge in [-0.1, -0.05) is 84.9 Å². The second-order valence-corrected chi connectivity index (χ2v) is 10.4. The molecule has 1 spiro atoms. The Kier molecular flexibility index (Phi) is 5.20. The van der Waals surface area contributed by atoms with Crippen LogP contribution in [0, 0.1) is 5.92 Å². The number of guanidine groups is 1. The van der Waals surface area contributed by atoms with Crippen molar-refractivity contribution < 1.29 is 4.79 Å². The number of carbonyl (C=O) groups excluding carboxylic acids is 1. The highest BCUT2D eigenvalue weighted by atomic mass is 16.1. The van der Waals surface area contributed by atoms with Crippen molar-refractivity contribution in [2.24, 2.45) is 15.9 Å². The fourth-order valence-electron chi connectivity index (χ4n) is 6.31.